The van der Waals surface area contributed by atoms with Crippen LogP contribution in [0.2, 0.25) is 0 Å². The molecule has 0 radical (unpaired) electrons. The van der Waals surface area contributed by atoms with E-state index in [4.69, 9.17) is 10.8 Å². The van der Waals surface area contributed by atoms with Gasteiger partial charge in [0.15, 0.2) is 11.5 Å². The van der Waals surface area contributed by atoms with E-state index < -0.39 is 24.2 Å². The molecule has 0 fully saturated rings. The van der Waals surface area contributed by atoms with Crippen molar-refractivity contribution in [3.63, 3.8) is 0 Å². The van der Waals surface area contributed by atoms with Gasteiger partial charge in [-0.05, 0) is 6.08 Å². The van der Waals surface area contributed by atoms with Gasteiger partial charge in [-0.15, -0.1) is 0 Å². The number of carbonyl (C=O) groups is 1. The van der Waals surface area contributed by atoms with Crippen LogP contribution in [-0.2, 0) is 4.79 Å². The van der Waals surface area contributed by atoms with Crippen molar-refractivity contribution in [1.29, 1.82) is 0 Å². The number of nitrogens with two attached hydrogens (primary N) is 1. The van der Waals surface area contributed by atoms with E-state index in [1.165, 1.54) is 23.3 Å². The SMILES string of the molecule is Nc1ncnc2c1ncn2C1C=C(C(=O)O)C(O)C1O. The molecule has 0 aromatic carbocycles. The van der Waals surface area contributed by atoms with Crippen LogP contribution in [0.3, 0.4) is 0 Å². The van der Waals surface area contributed by atoms with E-state index in [0.717, 1.165) is 0 Å². The number of fused-ring (bicyclic) bond motifs is 1. The monoisotopic (exact) mass is 277 g/mol. The van der Waals surface area contributed by atoms with Gasteiger partial charge in [-0.1, -0.05) is 0 Å². The summed E-state index contributed by atoms with van der Waals surface area (Å²) >= 11 is 0. The average Bonchev–Trinajstić information content (AvgIpc) is 2.94. The Morgan fingerprint density at radius 1 is 1.30 bits per heavy atom. The molecular formula is C11H11N5O4. The van der Waals surface area contributed by atoms with E-state index in [9.17, 15) is 15.0 Å². The van der Waals surface area contributed by atoms with Crippen molar-refractivity contribution >= 4 is 23.0 Å². The quantitative estimate of drug-likeness (QED) is 0.529. The summed E-state index contributed by atoms with van der Waals surface area (Å²) in [5.74, 6) is -1.10. The Bertz CT molecular complexity index is 725. The lowest BCUT2D eigenvalue weighted by molar-refractivity contribution is -0.134. The van der Waals surface area contributed by atoms with Crippen molar-refractivity contribution in [3.05, 3.63) is 24.3 Å². The molecule has 2 aromatic heterocycles. The van der Waals surface area contributed by atoms with E-state index in [-0.39, 0.29) is 11.4 Å². The molecule has 0 saturated heterocycles. The number of imidazole rings is 1. The second-order valence-electron chi connectivity index (χ2n) is 4.44. The number of hydrogen-bond acceptors (Lipinski definition) is 7. The number of aromatic nitrogens is 4. The lowest BCUT2D eigenvalue weighted by Crippen LogP contribution is -2.30. The van der Waals surface area contributed by atoms with Crippen LogP contribution >= 0.6 is 0 Å². The Kier molecular flexibility index (Phi) is 2.66. The summed E-state index contributed by atoms with van der Waals surface area (Å²) in [6, 6.07) is -0.782. The van der Waals surface area contributed by atoms with Gasteiger partial charge in [0, 0.05) is 0 Å². The number of rotatable bonds is 2. The van der Waals surface area contributed by atoms with Crippen molar-refractivity contribution in [2.45, 2.75) is 18.2 Å². The molecule has 1 aliphatic carbocycles. The van der Waals surface area contributed by atoms with Crippen molar-refractivity contribution in [3.8, 4) is 0 Å². The van der Waals surface area contributed by atoms with Crippen molar-refractivity contribution < 1.29 is 20.1 Å². The topological polar surface area (TPSA) is 147 Å². The van der Waals surface area contributed by atoms with Gasteiger partial charge >= 0.3 is 5.97 Å². The molecule has 20 heavy (non-hydrogen) atoms. The number of nitrogen functional groups attached to an aromatic ring is 1. The third kappa shape index (κ3) is 1.64. The Labute approximate surface area is 112 Å². The molecule has 3 unspecified atom stereocenters. The largest absolute Gasteiger partial charge is 0.478 e. The lowest BCUT2D eigenvalue weighted by Gasteiger charge is -2.18. The summed E-state index contributed by atoms with van der Waals surface area (Å²) in [5.41, 5.74) is 6.11. The maximum absolute atomic E-state index is 11.0. The Hall–Kier alpha value is -2.52. The van der Waals surface area contributed by atoms with Crippen LogP contribution in [-0.4, -0.2) is 53.0 Å². The van der Waals surface area contributed by atoms with E-state index in [1.54, 1.807) is 0 Å². The number of nitrogens with zero attached hydrogens (tertiary/aromatic N) is 4. The van der Waals surface area contributed by atoms with Gasteiger partial charge in [0.05, 0.1) is 17.9 Å². The highest BCUT2D eigenvalue weighted by atomic mass is 16.4. The van der Waals surface area contributed by atoms with E-state index in [0.29, 0.717) is 11.2 Å². The Morgan fingerprint density at radius 2 is 2.05 bits per heavy atom. The van der Waals surface area contributed by atoms with Crippen LogP contribution in [0.25, 0.3) is 11.2 Å². The summed E-state index contributed by atoms with van der Waals surface area (Å²) < 4.78 is 1.46. The predicted molar refractivity (Wildman–Crippen MR) is 66.5 cm³/mol. The molecule has 0 amide bonds. The first-order valence-electron chi connectivity index (χ1n) is 5.75. The molecule has 9 heteroatoms. The molecule has 0 spiro atoms. The number of hydrogen-bond donors (Lipinski definition) is 4. The number of aliphatic carboxylic acids is 1. The maximum atomic E-state index is 11.0. The van der Waals surface area contributed by atoms with Crippen LogP contribution in [0.5, 0.6) is 0 Å². The molecule has 5 N–H and O–H groups in total. The summed E-state index contributed by atoms with van der Waals surface area (Å²) in [7, 11) is 0. The van der Waals surface area contributed by atoms with Gasteiger partial charge in [0.1, 0.15) is 24.1 Å². The van der Waals surface area contributed by atoms with Gasteiger partial charge in [0.25, 0.3) is 0 Å². The summed E-state index contributed by atoms with van der Waals surface area (Å²) in [6.45, 7) is 0. The minimum atomic E-state index is -1.46. The number of carboxylic acid groups (broad SMARTS) is 1. The van der Waals surface area contributed by atoms with Gasteiger partial charge in [0.2, 0.25) is 0 Å². The molecule has 3 rings (SSSR count). The van der Waals surface area contributed by atoms with E-state index in [2.05, 4.69) is 15.0 Å². The molecule has 9 nitrogen and oxygen atoms in total. The third-order valence-corrected chi connectivity index (χ3v) is 3.30. The number of aliphatic hydroxyl groups excluding tert-OH is 2. The van der Waals surface area contributed by atoms with Crippen LogP contribution in [0.15, 0.2) is 24.3 Å². The fourth-order valence-corrected chi connectivity index (χ4v) is 2.28. The Morgan fingerprint density at radius 3 is 2.70 bits per heavy atom. The summed E-state index contributed by atoms with van der Waals surface area (Å²) in [6.07, 6.45) is 1.13. The second kappa shape index (κ2) is 4.25. The highest BCUT2D eigenvalue weighted by Gasteiger charge is 2.39. The molecule has 2 heterocycles. The lowest BCUT2D eigenvalue weighted by atomic mass is 10.1. The van der Waals surface area contributed by atoms with Gasteiger partial charge < -0.3 is 25.6 Å². The Balaban J connectivity index is 2.12. The standard InChI is InChI=1S/C11H11N5O4/c12-9-6-10(14-2-13-9)16(3-15-6)5-1-4(11(19)20)7(17)8(5)18/h1-3,5,7-8,17-18H,(H,19,20)(H2,12,13,14). The number of aliphatic hydroxyl groups is 2. The zero-order valence-electron chi connectivity index (χ0n) is 10.1. The van der Waals surface area contributed by atoms with E-state index in [1.807, 2.05) is 0 Å². The third-order valence-electron chi connectivity index (χ3n) is 3.30. The smallest absolute Gasteiger partial charge is 0.334 e. The first-order chi connectivity index (χ1) is 9.50. The van der Waals surface area contributed by atoms with Crippen molar-refractivity contribution in [2.75, 3.05) is 5.73 Å². The molecule has 104 valence electrons. The summed E-state index contributed by atoms with van der Waals surface area (Å²) in [5, 5.41) is 28.7. The fraction of sp³-hybridized carbons (Fsp3) is 0.273. The first-order valence-corrected chi connectivity index (χ1v) is 5.75. The van der Waals surface area contributed by atoms with Gasteiger partial charge in [-0.2, -0.15) is 0 Å². The molecule has 3 atom stereocenters. The molecule has 0 saturated carbocycles. The van der Waals surface area contributed by atoms with E-state index >= 15 is 0 Å². The highest BCUT2D eigenvalue weighted by molar-refractivity contribution is 5.89. The van der Waals surface area contributed by atoms with Gasteiger partial charge in [-0.25, -0.2) is 19.7 Å². The zero-order valence-corrected chi connectivity index (χ0v) is 10.1. The molecule has 2 aromatic rings. The highest BCUT2D eigenvalue weighted by Crippen LogP contribution is 2.31. The minimum Gasteiger partial charge on any atom is -0.478 e. The van der Waals surface area contributed by atoms with Crippen LogP contribution in [0.1, 0.15) is 6.04 Å². The first kappa shape index (κ1) is 12.5. The number of anilines is 1. The average molecular weight is 277 g/mol. The van der Waals surface area contributed by atoms with Gasteiger partial charge in [-0.3, -0.25) is 0 Å². The summed E-state index contributed by atoms with van der Waals surface area (Å²) in [4.78, 5) is 22.8. The van der Waals surface area contributed by atoms with Crippen LogP contribution in [0.4, 0.5) is 5.82 Å². The van der Waals surface area contributed by atoms with Crippen molar-refractivity contribution in [1.82, 2.24) is 19.5 Å². The maximum Gasteiger partial charge on any atom is 0.334 e. The molecule has 1 aliphatic rings. The molecule has 0 bridgehead atoms. The zero-order chi connectivity index (χ0) is 14.4. The predicted octanol–water partition coefficient (Wildman–Crippen LogP) is -1.30. The fourth-order valence-electron chi connectivity index (χ4n) is 2.28. The second-order valence-corrected chi connectivity index (χ2v) is 4.44. The minimum absolute atomic E-state index is 0.184. The molecule has 0 aliphatic heterocycles. The number of carboxylic acids is 1. The normalized spacial score (nSPS) is 25.9. The molecular weight excluding hydrogens is 266 g/mol. The van der Waals surface area contributed by atoms with Crippen molar-refractivity contribution in [2.24, 2.45) is 0 Å². The van der Waals surface area contributed by atoms with Crippen LogP contribution < -0.4 is 5.73 Å². The van der Waals surface area contributed by atoms with Crippen LogP contribution in [0, 0.1) is 0 Å².